The van der Waals surface area contributed by atoms with E-state index >= 15 is 0 Å². The summed E-state index contributed by atoms with van der Waals surface area (Å²) in [5.74, 6) is -0.300. The second kappa shape index (κ2) is 5.14. The predicted molar refractivity (Wildman–Crippen MR) is 67.8 cm³/mol. The number of hydrogen-bond donors (Lipinski definition) is 2. The SMILES string of the molecule is Cc1cc2ncc(CNC(C)CC(N)=O)cn2n1. The Bertz CT molecular complexity index is 563. The quantitative estimate of drug-likeness (QED) is 0.800. The monoisotopic (exact) mass is 247 g/mol. The van der Waals surface area contributed by atoms with Crippen molar-refractivity contribution in [3.05, 3.63) is 29.7 Å². The van der Waals surface area contributed by atoms with E-state index in [4.69, 9.17) is 5.73 Å². The van der Waals surface area contributed by atoms with Gasteiger partial charge in [0, 0.05) is 43.0 Å². The Morgan fingerprint density at radius 1 is 1.61 bits per heavy atom. The largest absolute Gasteiger partial charge is 0.370 e. The molecule has 1 amide bonds. The van der Waals surface area contributed by atoms with Gasteiger partial charge in [-0.05, 0) is 13.8 Å². The predicted octanol–water partition coefficient (Wildman–Crippen LogP) is 0.391. The summed E-state index contributed by atoms with van der Waals surface area (Å²) < 4.78 is 1.76. The van der Waals surface area contributed by atoms with Crippen molar-refractivity contribution in [3.8, 4) is 0 Å². The van der Waals surface area contributed by atoms with Crippen molar-refractivity contribution in [1.82, 2.24) is 19.9 Å². The molecule has 0 aromatic carbocycles. The maximum atomic E-state index is 10.8. The van der Waals surface area contributed by atoms with E-state index in [0.717, 1.165) is 16.9 Å². The van der Waals surface area contributed by atoms with Crippen molar-refractivity contribution in [3.63, 3.8) is 0 Å². The van der Waals surface area contributed by atoms with Crippen LogP contribution in [0.3, 0.4) is 0 Å². The number of aryl methyl sites for hydroxylation is 1. The Morgan fingerprint density at radius 3 is 3.11 bits per heavy atom. The molecule has 1 unspecified atom stereocenters. The van der Waals surface area contributed by atoms with E-state index in [2.05, 4.69) is 15.4 Å². The summed E-state index contributed by atoms with van der Waals surface area (Å²) in [6.07, 6.45) is 4.07. The molecule has 6 heteroatoms. The van der Waals surface area contributed by atoms with Gasteiger partial charge in [0.25, 0.3) is 0 Å². The lowest BCUT2D eigenvalue weighted by atomic mass is 10.2. The van der Waals surface area contributed by atoms with Crippen LogP contribution in [0.1, 0.15) is 24.6 Å². The van der Waals surface area contributed by atoms with E-state index in [-0.39, 0.29) is 11.9 Å². The fraction of sp³-hybridized carbons (Fsp3) is 0.417. The van der Waals surface area contributed by atoms with Gasteiger partial charge < -0.3 is 11.1 Å². The number of aromatic nitrogens is 3. The molecule has 0 saturated heterocycles. The fourth-order valence-corrected chi connectivity index (χ4v) is 1.79. The molecular weight excluding hydrogens is 230 g/mol. The molecule has 3 N–H and O–H groups in total. The first-order valence-corrected chi connectivity index (χ1v) is 5.87. The first-order valence-electron chi connectivity index (χ1n) is 5.87. The zero-order valence-electron chi connectivity index (χ0n) is 10.6. The molecule has 2 aromatic heterocycles. The summed E-state index contributed by atoms with van der Waals surface area (Å²) in [6.45, 7) is 4.49. The molecule has 0 bridgehead atoms. The van der Waals surface area contributed by atoms with Gasteiger partial charge in [-0.1, -0.05) is 0 Å². The van der Waals surface area contributed by atoms with Crippen molar-refractivity contribution in [1.29, 1.82) is 0 Å². The lowest BCUT2D eigenvalue weighted by Gasteiger charge is -2.11. The zero-order valence-corrected chi connectivity index (χ0v) is 10.6. The van der Waals surface area contributed by atoms with Gasteiger partial charge in [-0.3, -0.25) is 4.79 Å². The average Bonchev–Trinajstić information content (AvgIpc) is 2.64. The van der Waals surface area contributed by atoms with Crippen molar-refractivity contribution in [2.24, 2.45) is 5.73 Å². The van der Waals surface area contributed by atoms with E-state index in [0.29, 0.717) is 13.0 Å². The third-order valence-corrected chi connectivity index (χ3v) is 2.65. The van der Waals surface area contributed by atoms with E-state index in [1.165, 1.54) is 0 Å². The highest BCUT2D eigenvalue weighted by molar-refractivity contribution is 5.74. The number of nitrogens with zero attached hydrogens (tertiary/aromatic N) is 3. The molecule has 6 nitrogen and oxygen atoms in total. The van der Waals surface area contributed by atoms with Crippen LogP contribution in [0.2, 0.25) is 0 Å². The van der Waals surface area contributed by atoms with Crippen molar-refractivity contribution < 1.29 is 4.79 Å². The van der Waals surface area contributed by atoms with Crippen LogP contribution in [0.15, 0.2) is 18.5 Å². The van der Waals surface area contributed by atoms with E-state index in [1.54, 1.807) is 10.7 Å². The summed E-state index contributed by atoms with van der Waals surface area (Å²) in [5.41, 5.74) is 7.92. The molecule has 2 aromatic rings. The summed E-state index contributed by atoms with van der Waals surface area (Å²) in [5, 5.41) is 7.52. The number of amides is 1. The molecule has 0 saturated carbocycles. The van der Waals surface area contributed by atoms with Gasteiger partial charge in [0.05, 0.1) is 5.69 Å². The number of hydrogen-bond acceptors (Lipinski definition) is 4. The van der Waals surface area contributed by atoms with E-state index < -0.39 is 0 Å². The lowest BCUT2D eigenvalue weighted by Crippen LogP contribution is -2.30. The van der Waals surface area contributed by atoms with E-state index in [1.807, 2.05) is 26.1 Å². The number of rotatable bonds is 5. The van der Waals surface area contributed by atoms with Crippen LogP contribution in [-0.4, -0.2) is 26.5 Å². The van der Waals surface area contributed by atoms with Crippen LogP contribution < -0.4 is 11.1 Å². The Hall–Kier alpha value is -1.95. The summed E-state index contributed by atoms with van der Waals surface area (Å²) in [4.78, 5) is 15.1. The Kier molecular flexibility index (Phi) is 3.57. The number of nitrogens with one attached hydrogen (secondary N) is 1. The van der Waals surface area contributed by atoms with Gasteiger partial charge >= 0.3 is 0 Å². The van der Waals surface area contributed by atoms with Crippen LogP contribution in [0, 0.1) is 6.92 Å². The topological polar surface area (TPSA) is 85.3 Å². The molecule has 0 aliphatic heterocycles. The van der Waals surface area contributed by atoms with E-state index in [9.17, 15) is 4.79 Å². The maximum absolute atomic E-state index is 10.8. The second-order valence-corrected chi connectivity index (χ2v) is 4.50. The Morgan fingerprint density at radius 2 is 2.39 bits per heavy atom. The van der Waals surface area contributed by atoms with Gasteiger partial charge in [-0.25, -0.2) is 9.50 Å². The molecule has 18 heavy (non-hydrogen) atoms. The maximum Gasteiger partial charge on any atom is 0.218 e. The van der Waals surface area contributed by atoms with Crippen molar-refractivity contribution in [2.75, 3.05) is 0 Å². The van der Waals surface area contributed by atoms with Crippen LogP contribution in [-0.2, 0) is 11.3 Å². The minimum atomic E-state index is -0.300. The van der Waals surface area contributed by atoms with Crippen LogP contribution in [0.4, 0.5) is 0 Å². The lowest BCUT2D eigenvalue weighted by molar-refractivity contribution is -0.118. The average molecular weight is 247 g/mol. The zero-order chi connectivity index (χ0) is 13.1. The highest BCUT2D eigenvalue weighted by Gasteiger charge is 2.06. The third kappa shape index (κ3) is 3.04. The number of primary amides is 1. The molecule has 0 radical (unpaired) electrons. The minimum absolute atomic E-state index is 0.0533. The van der Waals surface area contributed by atoms with Crippen molar-refractivity contribution >= 4 is 11.6 Å². The summed E-state index contributed by atoms with van der Waals surface area (Å²) >= 11 is 0. The van der Waals surface area contributed by atoms with Crippen LogP contribution >= 0.6 is 0 Å². The number of carbonyl (C=O) groups is 1. The van der Waals surface area contributed by atoms with Crippen molar-refractivity contribution in [2.45, 2.75) is 32.9 Å². The molecule has 0 fully saturated rings. The molecule has 96 valence electrons. The number of fused-ring (bicyclic) bond motifs is 1. The first-order chi connectivity index (χ1) is 8.54. The molecule has 1 atom stereocenters. The van der Waals surface area contributed by atoms with Gasteiger partial charge in [-0.2, -0.15) is 5.10 Å². The fourth-order valence-electron chi connectivity index (χ4n) is 1.79. The number of nitrogens with two attached hydrogens (primary N) is 1. The van der Waals surface area contributed by atoms with Crippen LogP contribution in [0.5, 0.6) is 0 Å². The normalized spacial score (nSPS) is 12.8. The van der Waals surface area contributed by atoms with Gasteiger partial charge in [-0.15, -0.1) is 0 Å². The molecular formula is C12H17N5O. The highest BCUT2D eigenvalue weighted by Crippen LogP contribution is 2.05. The molecule has 0 spiro atoms. The highest BCUT2D eigenvalue weighted by atomic mass is 16.1. The first kappa shape index (κ1) is 12.5. The third-order valence-electron chi connectivity index (χ3n) is 2.65. The standard InChI is InChI=1S/C12H17N5O/c1-8(3-11(13)18)14-5-10-6-15-12-4-9(2)16-17(12)7-10/h4,6-8,14H,3,5H2,1-2H3,(H2,13,18). The van der Waals surface area contributed by atoms with Gasteiger partial charge in [0.2, 0.25) is 5.91 Å². The summed E-state index contributed by atoms with van der Waals surface area (Å²) in [7, 11) is 0. The minimum Gasteiger partial charge on any atom is -0.370 e. The van der Waals surface area contributed by atoms with Gasteiger partial charge in [0.1, 0.15) is 0 Å². The number of carbonyl (C=O) groups excluding carboxylic acids is 1. The molecule has 2 heterocycles. The van der Waals surface area contributed by atoms with Gasteiger partial charge in [0.15, 0.2) is 5.65 Å². The molecule has 2 rings (SSSR count). The Balaban J connectivity index is 2.01. The molecule has 0 aliphatic carbocycles. The van der Waals surface area contributed by atoms with Crippen LogP contribution in [0.25, 0.3) is 5.65 Å². The smallest absolute Gasteiger partial charge is 0.218 e. The Labute approximate surface area is 105 Å². The molecule has 0 aliphatic rings. The second-order valence-electron chi connectivity index (χ2n) is 4.50. The summed E-state index contributed by atoms with van der Waals surface area (Å²) in [6, 6.07) is 1.98.